The number of carboxylic acid groups (broad SMARTS) is 1. The number of benzene rings is 1. The zero-order valence-corrected chi connectivity index (χ0v) is 16.2. The van der Waals surface area contributed by atoms with Gasteiger partial charge in [0.25, 0.3) is 0 Å². The van der Waals surface area contributed by atoms with Gasteiger partial charge in [0, 0.05) is 12.5 Å². The van der Waals surface area contributed by atoms with Crippen LogP contribution in [-0.2, 0) is 19.1 Å². The molecule has 4 heterocycles. The largest absolute Gasteiger partial charge is 0.481 e. The van der Waals surface area contributed by atoms with Gasteiger partial charge in [-0.25, -0.2) is 0 Å². The molecule has 1 aromatic heterocycles. The molecule has 4 unspecified atom stereocenters. The summed E-state index contributed by atoms with van der Waals surface area (Å²) in [5.41, 5.74) is 0. The van der Waals surface area contributed by atoms with Crippen molar-refractivity contribution in [2.75, 3.05) is 20.0 Å². The molecule has 164 valence electrons. The molecule has 1 aromatic carbocycles. The average molecular weight is 433 g/mol. The molecule has 5 rings (SSSR count). The van der Waals surface area contributed by atoms with Gasteiger partial charge in [-0.1, -0.05) is 5.10 Å². The maximum Gasteiger partial charge on any atom is 0.341 e. The number of carbonyl (C=O) groups excluding carboxylic acids is 1. The van der Waals surface area contributed by atoms with E-state index in [1.165, 1.54) is 4.68 Å². The fourth-order valence-corrected chi connectivity index (χ4v) is 3.82. The molecule has 0 saturated carbocycles. The van der Waals surface area contributed by atoms with E-state index in [1.807, 2.05) is 0 Å². The summed E-state index contributed by atoms with van der Waals surface area (Å²) >= 11 is 0. The number of tetrazole rings is 1. The van der Waals surface area contributed by atoms with Crippen molar-refractivity contribution in [1.82, 2.24) is 25.5 Å². The Hall–Kier alpha value is -3.45. The highest BCUT2D eigenvalue weighted by Gasteiger charge is 2.50. The maximum atomic E-state index is 12.0. The first kappa shape index (κ1) is 19.5. The number of amides is 1. The molecular weight excluding hydrogens is 414 g/mol. The number of hydrogen-bond donors (Lipinski definition) is 2. The van der Waals surface area contributed by atoms with E-state index < -0.39 is 18.2 Å². The second-order valence-electron chi connectivity index (χ2n) is 7.25. The number of carboxylic acids is 1. The van der Waals surface area contributed by atoms with Gasteiger partial charge in [-0.3, -0.25) is 9.59 Å². The number of rotatable bonds is 7. The normalized spacial score (nSPS) is 25.9. The Kier molecular flexibility index (Phi) is 5.03. The Morgan fingerprint density at radius 1 is 1.16 bits per heavy atom. The molecular formula is C18H19N5O8. The molecule has 2 saturated heterocycles. The van der Waals surface area contributed by atoms with E-state index >= 15 is 0 Å². The SMILES string of the molecule is O=C(O)CCC(=O)NC1COC2C1OCC2n1nnnc1Oc1ccc2c(c1)OCO2. The van der Waals surface area contributed by atoms with E-state index in [1.54, 1.807) is 18.2 Å². The first-order valence-corrected chi connectivity index (χ1v) is 9.68. The Morgan fingerprint density at radius 3 is 2.87 bits per heavy atom. The van der Waals surface area contributed by atoms with Gasteiger partial charge in [-0.15, -0.1) is 0 Å². The molecule has 3 aliphatic heterocycles. The molecule has 0 radical (unpaired) electrons. The Balaban J connectivity index is 1.25. The molecule has 2 aromatic rings. The molecule has 31 heavy (non-hydrogen) atoms. The Bertz CT molecular complexity index is 997. The Labute approximate surface area is 175 Å². The van der Waals surface area contributed by atoms with E-state index in [9.17, 15) is 9.59 Å². The number of carbonyl (C=O) groups is 2. The van der Waals surface area contributed by atoms with Crippen LogP contribution in [-0.4, -0.2) is 75.4 Å². The zero-order chi connectivity index (χ0) is 21.4. The lowest BCUT2D eigenvalue weighted by atomic mass is 10.1. The topological polar surface area (TPSA) is 156 Å². The van der Waals surface area contributed by atoms with Crippen LogP contribution < -0.4 is 19.5 Å². The maximum absolute atomic E-state index is 12.0. The van der Waals surface area contributed by atoms with Crippen LogP contribution in [0.4, 0.5) is 0 Å². The first-order chi connectivity index (χ1) is 15.1. The predicted octanol–water partition coefficient (Wildman–Crippen LogP) is -0.118. The number of ether oxygens (including phenoxy) is 5. The van der Waals surface area contributed by atoms with Crippen molar-refractivity contribution in [1.29, 1.82) is 0 Å². The van der Waals surface area contributed by atoms with Gasteiger partial charge in [0.15, 0.2) is 11.5 Å². The summed E-state index contributed by atoms with van der Waals surface area (Å²) < 4.78 is 29.7. The number of nitrogens with zero attached hydrogens (tertiary/aromatic N) is 4. The standard InChI is InChI=1S/C18H19N5O8/c24-14(3-4-15(25)26)19-10-6-27-17-11(7-28-16(10)17)23-18(20-21-22-23)31-9-1-2-12-13(5-9)30-8-29-12/h1-2,5,10-11,16-17H,3-4,6-8H2,(H,19,24)(H,25,26). The second-order valence-corrected chi connectivity index (χ2v) is 7.25. The molecule has 3 aliphatic rings. The van der Waals surface area contributed by atoms with Gasteiger partial charge in [0.2, 0.25) is 12.7 Å². The number of aromatic nitrogens is 4. The predicted molar refractivity (Wildman–Crippen MR) is 97.8 cm³/mol. The van der Waals surface area contributed by atoms with Crippen LogP contribution in [0.1, 0.15) is 18.9 Å². The van der Waals surface area contributed by atoms with E-state index in [-0.39, 0.29) is 56.8 Å². The van der Waals surface area contributed by atoms with Crippen molar-refractivity contribution in [2.24, 2.45) is 0 Å². The molecule has 13 nitrogen and oxygen atoms in total. The van der Waals surface area contributed by atoms with Crippen molar-refractivity contribution in [3.8, 4) is 23.3 Å². The summed E-state index contributed by atoms with van der Waals surface area (Å²) in [4.78, 5) is 22.6. The zero-order valence-electron chi connectivity index (χ0n) is 16.2. The number of nitrogens with one attached hydrogen (secondary N) is 1. The second kappa shape index (κ2) is 8.00. The molecule has 0 bridgehead atoms. The minimum absolute atomic E-state index is 0.104. The third-order valence-electron chi connectivity index (χ3n) is 5.27. The van der Waals surface area contributed by atoms with Crippen molar-refractivity contribution >= 4 is 11.9 Å². The summed E-state index contributed by atoms with van der Waals surface area (Å²) in [7, 11) is 0. The lowest BCUT2D eigenvalue weighted by Crippen LogP contribution is -2.44. The highest BCUT2D eigenvalue weighted by atomic mass is 16.7. The minimum Gasteiger partial charge on any atom is -0.481 e. The van der Waals surface area contributed by atoms with Crippen molar-refractivity contribution in [3.63, 3.8) is 0 Å². The van der Waals surface area contributed by atoms with Gasteiger partial charge < -0.3 is 34.1 Å². The van der Waals surface area contributed by atoms with Crippen molar-refractivity contribution in [2.45, 2.75) is 37.1 Å². The highest BCUT2D eigenvalue weighted by molar-refractivity contribution is 5.80. The first-order valence-electron chi connectivity index (χ1n) is 9.68. The van der Waals surface area contributed by atoms with E-state index in [0.29, 0.717) is 17.2 Å². The fourth-order valence-electron chi connectivity index (χ4n) is 3.82. The number of aliphatic carboxylic acids is 1. The molecule has 2 N–H and O–H groups in total. The third kappa shape index (κ3) is 3.84. The van der Waals surface area contributed by atoms with Crippen molar-refractivity contribution < 1.29 is 38.4 Å². The number of hydrogen-bond acceptors (Lipinski definition) is 10. The number of fused-ring (bicyclic) bond motifs is 2. The van der Waals surface area contributed by atoms with Gasteiger partial charge >= 0.3 is 12.0 Å². The summed E-state index contributed by atoms with van der Waals surface area (Å²) in [6.07, 6.45) is -1.14. The highest BCUT2D eigenvalue weighted by Crippen LogP contribution is 2.38. The van der Waals surface area contributed by atoms with E-state index in [4.69, 9.17) is 28.8 Å². The molecule has 1 amide bonds. The van der Waals surface area contributed by atoms with Gasteiger partial charge in [-0.2, -0.15) is 4.68 Å². The fraction of sp³-hybridized carbons (Fsp3) is 0.500. The lowest BCUT2D eigenvalue weighted by Gasteiger charge is -2.18. The van der Waals surface area contributed by atoms with Crippen molar-refractivity contribution in [3.05, 3.63) is 18.2 Å². The Morgan fingerprint density at radius 2 is 2.00 bits per heavy atom. The van der Waals surface area contributed by atoms with Gasteiger partial charge in [0.1, 0.15) is 24.0 Å². The minimum atomic E-state index is -1.03. The molecule has 0 aliphatic carbocycles. The lowest BCUT2D eigenvalue weighted by molar-refractivity contribution is -0.139. The molecule has 2 fully saturated rings. The summed E-state index contributed by atoms with van der Waals surface area (Å²) in [5.74, 6) is 0.294. The van der Waals surface area contributed by atoms with Crippen LogP contribution in [0.15, 0.2) is 18.2 Å². The quantitative estimate of drug-likeness (QED) is 0.600. The summed E-state index contributed by atoms with van der Waals surface area (Å²) in [6, 6.07) is 4.55. The molecule has 0 spiro atoms. The van der Waals surface area contributed by atoms with Crippen LogP contribution in [0.3, 0.4) is 0 Å². The van der Waals surface area contributed by atoms with Crippen LogP contribution in [0, 0.1) is 0 Å². The third-order valence-corrected chi connectivity index (χ3v) is 5.27. The van der Waals surface area contributed by atoms with Crippen LogP contribution in [0.5, 0.6) is 23.3 Å². The monoisotopic (exact) mass is 433 g/mol. The van der Waals surface area contributed by atoms with E-state index in [2.05, 4.69) is 20.8 Å². The van der Waals surface area contributed by atoms with E-state index in [0.717, 1.165) is 0 Å². The average Bonchev–Trinajstić information content (AvgIpc) is 3.52. The van der Waals surface area contributed by atoms with Gasteiger partial charge in [0.05, 0.1) is 25.7 Å². The summed E-state index contributed by atoms with van der Waals surface area (Å²) in [6.45, 7) is 0.662. The molecule has 4 atom stereocenters. The van der Waals surface area contributed by atoms with Crippen LogP contribution in [0.2, 0.25) is 0 Å². The summed E-state index contributed by atoms with van der Waals surface area (Å²) in [5, 5.41) is 23.2. The van der Waals surface area contributed by atoms with Crippen LogP contribution in [0.25, 0.3) is 0 Å². The molecule has 13 heteroatoms. The van der Waals surface area contributed by atoms with Gasteiger partial charge in [-0.05, 0) is 22.6 Å². The van der Waals surface area contributed by atoms with Crippen LogP contribution >= 0.6 is 0 Å². The smallest absolute Gasteiger partial charge is 0.341 e.